The quantitative estimate of drug-likeness (QED) is 0.401. The van der Waals surface area contributed by atoms with Crippen LogP contribution in [0.15, 0.2) is 42.7 Å². The minimum atomic E-state index is -0.538. The van der Waals surface area contributed by atoms with E-state index in [-0.39, 0.29) is 23.2 Å². The smallest absolute Gasteiger partial charge is 0.271 e. The number of anilines is 3. The molecule has 10 heteroatoms. The molecule has 1 aromatic carbocycles. The third-order valence-electron chi connectivity index (χ3n) is 6.95. The van der Waals surface area contributed by atoms with Crippen molar-refractivity contribution in [2.75, 3.05) is 23.8 Å². The molecule has 0 atom stereocenters. The first-order valence-corrected chi connectivity index (χ1v) is 12.0. The summed E-state index contributed by atoms with van der Waals surface area (Å²) in [7, 11) is 1.80. The zero-order chi connectivity index (χ0) is 24.8. The van der Waals surface area contributed by atoms with E-state index >= 15 is 0 Å². The molecule has 0 spiro atoms. The van der Waals surface area contributed by atoms with Gasteiger partial charge >= 0.3 is 0 Å². The maximum atomic E-state index is 14.8. The molecule has 1 saturated carbocycles. The number of fused-ring (bicyclic) bond motifs is 2. The summed E-state index contributed by atoms with van der Waals surface area (Å²) in [5.74, 6) is -0.0875. The Morgan fingerprint density at radius 3 is 2.78 bits per heavy atom. The van der Waals surface area contributed by atoms with Crippen molar-refractivity contribution < 1.29 is 14.0 Å². The van der Waals surface area contributed by atoms with Gasteiger partial charge in [0.1, 0.15) is 11.5 Å². The lowest BCUT2D eigenvalue weighted by molar-refractivity contribution is 0.0909. The Kier molecular flexibility index (Phi) is 5.36. The van der Waals surface area contributed by atoms with Crippen LogP contribution in [-0.2, 0) is 6.42 Å². The van der Waals surface area contributed by atoms with Crippen LogP contribution >= 0.6 is 0 Å². The number of aldehydes is 1. The van der Waals surface area contributed by atoms with E-state index in [0.29, 0.717) is 42.0 Å². The molecule has 182 valence electrons. The van der Waals surface area contributed by atoms with E-state index in [0.717, 1.165) is 36.2 Å². The summed E-state index contributed by atoms with van der Waals surface area (Å²) >= 11 is 0. The molecular weight excluding hydrogens is 461 g/mol. The molecule has 9 nitrogen and oxygen atoms in total. The summed E-state index contributed by atoms with van der Waals surface area (Å²) < 4.78 is 16.4. The largest absolute Gasteiger partial charge is 0.385 e. The number of pyridine rings is 1. The second kappa shape index (κ2) is 8.71. The fourth-order valence-corrected chi connectivity index (χ4v) is 4.85. The molecule has 1 aliphatic heterocycles. The summed E-state index contributed by atoms with van der Waals surface area (Å²) in [6.45, 7) is 0.625. The number of nitrogens with one attached hydrogen (secondary N) is 2. The van der Waals surface area contributed by atoms with Crippen molar-refractivity contribution in [1.82, 2.24) is 24.9 Å². The van der Waals surface area contributed by atoms with Gasteiger partial charge in [-0.15, -0.1) is 5.10 Å². The van der Waals surface area contributed by atoms with Gasteiger partial charge in [0.05, 0.1) is 11.9 Å². The van der Waals surface area contributed by atoms with E-state index in [2.05, 4.69) is 20.6 Å². The van der Waals surface area contributed by atoms with E-state index in [1.807, 2.05) is 29.2 Å². The SMILES string of the molecule is CNc1cc(N2CCc3c(-c4ncc(C=O)cc4F)cccc32)nn2c(C(=O)NC3CCC3)cnc12. The third kappa shape index (κ3) is 3.57. The fraction of sp³-hybridized carbons (Fsp3) is 0.269. The number of carbonyl (C=O) groups is 2. The van der Waals surface area contributed by atoms with Crippen LogP contribution in [0.1, 0.15) is 45.7 Å². The van der Waals surface area contributed by atoms with E-state index in [4.69, 9.17) is 5.10 Å². The molecule has 36 heavy (non-hydrogen) atoms. The Morgan fingerprint density at radius 1 is 1.19 bits per heavy atom. The Balaban J connectivity index is 1.41. The number of nitrogens with zero attached hydrogens (tertiary/aromatic N) is 5. The first-order valence-electron chi connectivity index (χ1n) is 12.0. The monoisotopic (exact) mass is 485 g/mol. The van der Waals surface area contributed by atoms with Crippen LogP contribution in [0.4, 0.5) is 21.6 Å². The number of rotatable bonds is 6. The predicted molar refractivity (Wildman–Crippen MR) is 133 cm³/mol. The highest BCUT2D eigenvalue weighted by Crippen LogP contribution is 2.40. The Bertz CT molecular complexity index is 1510. The summed E-state index contributed by atoms with van der Waals surface area (Å²) in [6, 6.07) is 8.96. The molecule has 2 aliphatic rings. The molecule has 4 heterocycles. The first-order chi connectivity index (χ1) is 17.6. The molecule has 4 aromatic rings. The Labute approximate surface area is 206 Å². The topological polar surface area (TPSA) is 105 Å². The normalized spacial score (nSPS) is 15.0. The molecule has 0 radical (unpaired) electrons. The van der Waals surface area contributed by atoms with E-state index < -0.39 is 5.82 Å². The number of imidazole rings is 1. The molecule has 0 unspecified atom stereocenters. The molecule has 2 N–H and O–H groups in total. The third-order valence-corrected chi connectivity index (χ3v) is 6.95. The lowest BCUT2D eigenvalue weighted by atomic mass is 9.93. The molecule has 0 saturated heterocycles. The summed E-state index contributed by atoms with van der Waals surface area (Å²) in [5, 5.41) is 11.0. The zero-order valence-corrected chi connectivity index (χ0v) is 19.7. The van der Waals surface area contributed by atoms with Gasteiger partial charge in [-0.2, -0.15) is 0 Å². The Morgan fingerprint density at radius 2 is 2.06 bits per heavy atom. The summed E-state index contributed by atoms with van der Waals surface area (Å²) in [6.07, 6.45) is 7.27. The van der Waals surface area contributed by atoms with Crippen LogP contribution in [0.2, 0.25) is 0 Å². The number of hydrogen-bond donors (Lipinski definition) is 2. The number of amides is 1. The molecule has 1 amide bonds. The lowest BCUT2D eigenvalue weighted by Gasteiger charge is -2.26. The average Bonchev–Trinajstić information content (AvgIpc) is 3.50. The van der Waals surface area contributed by atoms with Crippen molar-refractivity contribution in [2.45, 2.75) is 31.7 Å². The number of benzene rings is 1. The van der Waals surface area contributed by atoms with E-state index in [1.165, 1.54) is 12.3 Å². The van der Waals surface area contributed by atoms with Gasteiger partial charge in [-0.05, 0) is 43.4 Å². The van der Waals surface area contributed by atoms with Gasteiger partial charge < -0.3 is 15.5 Å². The Hall–Kier alpha value is -4.34. The first kappa shape index (κ1) is 22.1. The van der Waals surface area contributed by atoms with Crippen molar-refractivity contribution in [2.24, 2.45) is 0 Å². The van der Waals surface area contributed by atoms with Gasteiger partial charge in [-0.25, -0.2) is 13.9 Å². The van der Waals surface area contributed by atoms with Gasteiger partial charge in [0.15, 0.2) is 23.4 Å². The minimum Gasteiger partial charge on any atom is -0.385 e. The van der Waals surface area contributed by atoms with Crippen LogP contribution in [0, 0.1) is 5.82 Å². The molecule has 0 bridgehead atoms. The summed E-state index contributed by atoms with van der Waals surface area (Å²) in [4.78, 5) is 34.6. The maximum absolute atomic E-state index is 14.8. The number of carbonyl (C=O) groups excluding carboxylic acids is 2. The number of aromatic nitrogens is 4. The van der Waals surface area contributed by atoms with E-state index in [9.17, 15) is 14.0 Å². The second-order valence-corrected chi connectivity index (χ2v) is 9.07. The number of halogens is 1. The standard InChI is InChI=1S/C26H24FN7O2/c1-28-20-11-23(32-34-22(13-30-25(20)34)26(36)31-16-4-2-5-16)33-9-8-17-18(6-3-7-21(17)33)24-19(27)10-15(14-35)12-29-24/h3,6-7,10-14,16,28H,2,4-5,8-9H2,1H3,(H,31,36). The van der Waals surface area contributed by atoms with Crippen molar-refractivity contribution in [1.29, 1.82) is 0 Å². The van der Waals surface area contributed by atoms with Crippen LogP contribution in [0.25, 0.3) is 16.9 Å². The highest BCUT2D eigenvalue weighted by molar-refractivity contribution is 5.94. The predicted octanol–water partition coefficient (Wildman–Crippen LogP) is 3.76. The van der Waals surface area contributed by atoms with Gasteiger partial charge in [-0.1, -0.05) is 12.1 Å². The molecule has 3 aromatic heterocycles. The fourth-order valence-electron chi connectivity index (χ4n) is 4.85. The second-order valence-electron chi connectivity index (χ2n) is 9.07. The zero-order valence-electron chi connectivity index (χ0n) is 19.7. The molecular formula is C26H24FN7O2. The van der Waals surface area contributed by atoms with Crippen molar-refractivity contribution in [3.63, 3.8) is 0 Å². The van der Waals surface area contributed by atoms with Crippen LogP contribution in [0.5, 0.6) is 0 Å². The van der Waals surface area contributed by atoms with Crippen molar-refractivity contribution in [3.05, 3.63) is 65.4 Å². The highest BCUT2D eigenvalue weighted by atomic mass is 19.1. The maximum Gasteiger partial charge on any atom is 0.271 e. The molecule has 6 rings (SSSR count). The molecule has 1 fully saturated rings. The average molecular weight is 486 g/mol. The van der Waals surface area contributed by atoms with Crippen LogP contribution < -0.4 is 15.5 Å². The lowest BCUT2D eigenvalue weighted by Crippen LogP contribution is -2.40. The highest BCUT2D eigenvalue weighted by Gasteiger charge is 2.28. The van der Waals surface area contributed by atoms with Gasteiger partial charge in [0.25, 0.3) is 5.91 Å². The number of hydrogen-bond acceptors (Lipinski definition) is 7. The molecule has 1 aliphatic carbocycles. The van der Waals surface area contributed by atoms with Crippen LogP contribution in [0.3, 0.4) is 0 Å². The minimum absolute atomic E-state index is 0.191. The van der Waals surface area contributed by atoms with Gasteiger partial charge in [0.2, 0.25) is 0 Å². The summed E-state index contributed by atoms with van der Waals surface area (Å²) in [5.41, 5.74) is 4.61. The van der Waals surface area contributed by atoms with Crippen molar-refractivity contribution in [3.8, 4) is 11.3 Å². The van der Waals surface area contributed by atoms with Gasteiger partial charge in [0, 0.05) is 48.7 Å². The van der Waals surface area contributed by atoms with Crippen molar-refractivity contribution >= 4 is 35.0 Å². The van der Waals surface area contributed by atoms with Crippen LogP contribution in [-0.4, -0.2) is 51.4 Å². The van der Waals surface area contributed by atoms with Gasteiger partial charge in [-0.3, -0.25) is 14.6 Å². The van der Waals surface area contributed by atoms with E-state index in [1.54, 1.807) is 17.8 Å².